The molecule has 0 aliphatic heterocycles. The van der Waals surface area contributed by atoms with Crippen LogP contribution in [-0.4, -0.2) is 34.9 Å². The van der Waals surface area contributed by atoms with Crippen LogP contribution >= 0.6 is 11.6 Å². The molecule has 0 bridgehead atoms. The molecule has 138 valence electrons. The Bertz CT molecular complexity index is 783. The molecule has 1 aliphatic rings. The summed E-state index contributed by atoms with van der Waals surface area (Å²) in [5.74, 6) is -0.367. The van der Waals surface area contributed by atoms with Gasteiger partial charge in [-0.05, 0) is 31.0 Å². The third-order valence-electron chi connectivity index (χ3n) is 4.60. The van der Waals surface area contributed by atoms with Crippen molar-refractivity contribution in [2.45, 2.75) is 44.7 Å². The van der Waals surface area contributed by atoms with Crippen molar-refractivity contribution in [1.29, 1.82) is 0 Å². The molecule has 6 nitrogen and oxygen atoms in total. The lowest BCUT2D eigenvalue weighted by atomic mass is 9.93. The highest BCUT2D eigenvalue weighted by molar-refractivity contribution is 6.30. The monoisotopic (exact) mass is 376 g/mol. The maximum Gasteiger partial charge on any atom is 0.360 e. The molecular formula is C19H21ClN2O4. The number of carbonyl (C=O) groups is 2. The molecule has 2 aromatic rings. The summed E-state index contributed by atoms with van der Waals surface area (Å²) in [7, 11) is 1.29. The van der Waals surface area contributed by atoms with Gasteiger partial charge in [0.2, 0.25) is 5.89 Å². The van der Waals surface area contributed by atoms with Crippen molar-refractivity contribution in [2.24, 2.45) is 0 Å². The van der Waals surface area contributed by atoms with Crippen LogP contribution in [0.5, 0.6) is 0 Å². The number of hydrogen-bond donors (Lipinski definition) is 0. The third kappa shape index (κ3) is 4.25. The second-order valence-electron chi connectivity index (χ2n) is 6.35. The molecule has 1 fully saturated rings. The normalized spacial score (nSPS) is 14.8. The number of esters is 1. The van der Waals surface area contributed by atoms with E-state index in [1.807, 2.05) is 0 Å². The zero-order valence-corrected chi connectivity index (χ0v) is 15.4. The van der Waals surface area contributed by atoms with Gasteiger partial charge in [0, 0.05) is 16.6 Å². The van der Waals surface area contributed by atoms with Crippen molar-refractivity contribution in [2.75, 3.05) is 7.11 Å². The average Bonchev–Trinajstić information content (AvgIpc) is 3.14. The zero-order valence-electron chi connectivity index (χ0n) is 14.6. The van der Waals surface area contributed by atoms with Crippen LogP contribution in [0.1, 0.15) is 58.8 Å². The summed E-state index contributed by atoms with van der Waals surface area (Å²) in [6.45, 7) is 0.201. The van der Waals surface area contributed by atoms with Crippen molar-refractivity contribution in [3.63, 3.8) is 0 Å². The van der Waals surface area contributed by atoms with Crippen LogP contribution in [-0.2, 0) is 11.3 Å². The quantitative estimate of drug-likeness (QED) is 0.735. The minimum atomic E-state index is -0.564. The number of nitrogens with zero attached hydrogens (tertiary/aromatic N) is 2. The van der Waals surface area contributed by atoms with Crippen LogP contribution in [0, 0.1) is 0 Å². The first-order chi connectivity index (χ1) is 12.6. The topological polar surface area (TPSA) is 72.6 Å². The maximum absolute atomic E-state index is 13.1. The van der Waals surface area contributed by atoms with Crippen molar-refractivity contribution < 1.29 is 18.7 Å². The first-order valence-corrected chi connectivity index (χ1v) is 9.05. The van der Waals surface area contributed by atoms with E-state index in [0.29, 0.717) is 16.5 Å². The van der Waals surface area contributed by atoms with Crippen LogP contribution in [0.25, 0.3) is 0 Å². The molecular weight excluding hydrogens is 356 g/mol. The Hall–Kier alpha value is -2.34. The Morgan fingerprint density at radius 3 is 2.77 bits per heavy atom. The van der Waals surface area contributed by atoms with E-state index in [9.17, 15) is 9.59 Å². The number of rotatable bonds is 5. The van der Waals surface area contributed by atoms with Gasteiger partial charge in [-0.15, -0.1) is 0 Å². The number of carbonyl (C=O) groups excluding carboxylic acids is 2. The highest BCUT2D eigenvalue weighted by Crippen LogP contribution is 2.26. The number of oxazole rings is 1. The van der Waals surface area contributed by atoms with Crippen LogP contribution in [0.2, 0.25) is 5.02 Å². The van der Waals surface area contributed by atoms with E-state index in [-0.39, 0.29) is 24.2 Å². The van der Waals surface area contributed by atoms with E-state index in [1.54, 1.807) is 29.2 Å². The van der Waals surface area contributed by atoms with Gasteiger partial charge < -0.3 is 14.1 Å². The van der Waals surface area contributed by atoms with E-state index >= 15 is 0 Å². The highest BCUT2D eigenvalue weighted by atomic mass is 35.5. The molecule has 1 heterocycles. The van der Waals surface area contributed by atoms with Crippen molar-refractivity contribution in [1.82, 2.24) is 9.88 Å². The lowest BCUT2D eigenvalue weighted by molar-refractivity contribution is 0.0590. The van der Waals surface area contributed by atoms with Gasteiger partial charge in [0.05, 0.1) is 13.7 Å². The first kappa shape index (κ1) is 18.5. The van der Waals surface area contributed by atoms with E-state index < -0.39 is 5.97 Å². The Morgan fingerprint density at radius 1 is 1.31 bits per heavy atom. The lowest BCUT2D eigenvalue weighted by Gasteiger charge is -2.33. The Kier molecular flexibility index (Phi) is 5.93. The van der Waals surface area contributed by atoms with Gasteiger partial charge in [-0.25, -0.2) is 9.78 Å². The maximum atomic E-state index is 13.1. The molecule has 0 atom stereocenters. The van der Waals surface area contributed by atoms with Gasteiger partial charge in [-0.3, -0.25) is 4.79 Å². The van der Waals surface area contributed by atoms with Crippen LogP contribution in [0.15, 0.2) is 34.9 Å². The number of aromatic nitrogens is 1. The first-order valence-electron chi connectivity index (χ1n) is 8.67. The number of methoxy groups -OCH3 is 1. The Balaban J connectivity index is 1.84. The summed E-state index contributed by atoms with van der Waals surface area (Å²) in [6.07, 6.45) is 6.49. The number of halogens is 1. The molecule has 0 saturated heterocycles. The fourth-order valence-corrected chi connectivity index (χ4v) is 3.46. The van der Waals surface area contributed by atoms with Crippen molar-refractivity contribution >= 4 is 23.5 Å². The molecule has 0 radical (unpaired) electrons. The summed E-state index contributed by atoms with van der Waals surface area (Å²) >= 11 is 6.04. The van der Waals surface area contributed by atoms with Crippen LogP contribution in [0.3, 0.4) is 0 Å². The lowest BCUT2D eigenvalue weighted by Crippen LogP contribution is -2.41. The predicted molar refractivity (Wildman–Crippen MR) is 96.0 cm³/mol. The summed E-state index contributed by atoms with van der Waals surface area (Å²) in [5.41, 5.74) is 0.629. The molecule has 0 spiro atoms. The molecule has 0 N–H and O–H groups in total. The van der Waals surface area contributed by atoms with E-state index in [4.69, 9.17) is 16.0 Å². The molecule has 1 amide bonds. The molecule has 1 aromatic heterocycles. The van der Waals surface area contributed by atoms with Gasteiger partial charge in [0.25, 0.3) is 5.91 Å². The summed E-state index contributed by atoms with van der Waals surface area (Å²) < 4.78 is 10.0. The smallest absolute Gasteiger partial charge is 0.360 e. The fourth-order valence-electron chi connectivity index (χ4n) is 3.27. The van der Waals surface area contributed by atoms with Crippen LogP contribution < -0.4 is 0 Å². The molecule has 26 heavy (non-hydrogen) atoms. The second-order valence-corrected chi connectivity index (χ2v) is 6.79. The van der Waals surface area contributed by atoms with Crippen LogP contribution in [0.4, 0.5) is 0 Å². The summed E-state index contributed by atoms with van der Waals surface area (Å²) in [6, 6.07) is 7.02. The summed E-state index contributed by atoms with van der Waals surface area (Å²) in [5, 5.41) is 0.517. The fraction of sp³-hybridized carbons (Fsp3) is 0.421. The average molecular weight is 377 g/mol. The number of hydrogen-bond acceptors (Lipinski definition) is 5. The molecule has 1 saturated carbocycles. The minimum Gasteiger partial charge on any atom is -0.464 e. The van der Waals surface area contributed by atoms with Crippen molar-refractivity contribution in [3.8, 4) is 0 Å². The van der Waals surface area contributed by atoms with E-state index in [1.165, 1.54) is 19.8 Å². The van der Waals surface area contributed by atoms with E-state index in [0.717, 1.165) is 25.7 Å². The highest BCUT2D eigenvalue weighted by Gasteiger charge is 2.28. The Labute approximate surface area is 157 Å². The standard InChI is InChI=1S/C19H21ClN2O4/c1-25-19(24)16-12-26-17(21-16)11-22(15-8-3-2-4-9-15)18(23)13-6-5-7-14(20)10-13/h5-7,10,12,15H,2-4,8-9,11H2,1H3. The van der Waals surface area contributed by atoms with Gasteiger partial charge in [-0.1, -0.05) is 36.9 Å². The molecule has 7 heteroatoms. The molecule has 0 unspecified atom stereocenters. The molecule has 1 aliphatic carbocycles. The number of amides is 1. The van der Waals surface area contributed by atoms with Gasteiger partial charge in [-0.2, -0.15) is 0 Å². The minimum absolute atomic E-state index is 0.0984. The molecule has 3 rings (SSSR count). The SMILES string of the molecule is COC(=O)c1coc(CN(C(=O)c2cccc(Cl)c2)C2CCCCC2)n1. The largest absolute Gasteiger partial charge is 0.464 e. The number of benzene rings is 1. The van der Waals surface area contributed by atoms with Crippen molar-refractivity contribution in [3.05, 3.63) is 52.7 Å². The molecule has 1 aromatic carbocycles. The number of ether oxygens (including phenoxy) is 1. The Morgan fingerprint density at radius 2 is 2.08 bits per heavy atom. The van der Waals surface area contributed by atoms with E-state index in [2.05, 4.69) is 9.72 Å². The third-order valence-corrected chi connectivity index (χ3v) is 4.83. The zero-order chi connectivity index (χ0) is 18.5. The van der Waals surface area contributed by atoms with Gasteiger partial charge in [0.15, 0.2) is 5.69 Å². The predicted octanol–water partition coefficient (Wildman–Crippen LogP) is 4.09. The van der Waals surface area contributed by atoms with Gasteiger partial charge in [0.1, 0.15) is 6.26 Å². The van der Waals surface area contributed by atoms with Gasteiger partial charge >= 0.3 is 5.97 Å². The second kappa shape index (κ2) is 8.36. The summed E-state index contributed by atoms with van der Waals surface area (Å²) in [4.78, 5) is 30.6.